The zero-order valence-corrected chi connectivity index (χ0v) is 25.8. The second-order valence-corrected chi connectivity index (χ2v) is 17.0. The highest BCUT2D eigenvalue weighted by Crippen LogP contribution is 2.76. The van der Waals surface area contributed by atoms with E-state index >= 15 is 18.3 Å². The van der Waals surface area contributed by atoms with Crippen molar-refractivity contribution < 1.29 is 31.9 Å². The van der Waals surface area contributed by atoms with E-state index in [2.05, 4.69) is 0 Å². The minimum atomic E-state index is -5.25. The fraction of sp³-hybridized carbons (Fsp3) is 0.438. The van der Waals surface area contributed by atoms with Gasteiger partial charge < -0.3 is 14.2 Å². The van der Waals surface area contributed by atoms with E-state index in [-0.39, 0.29) is 12.8 Å². The maximum atomic E-state index is 15.8. The summed E-state index contributed by atoms with van der Waals surface area (Å²) in [5, 5.41) is 15.6. The van der Waals surface area contributed by atoms with Crippen LogP contribution in [0.2, 0.25) is 0 Å². The Kier molecular flexibility index (Phi) is 9.58. The molecule has 4 nitrogen and oxygen atoms in total. The molecule has 1 unspecified atom stereocenters. The van der Waals surface area contributed by atoms with E-state index < -0.39 is 50.2 Å². The highest BCUT2D eigenvalue weighted by atomic mass is 31.2. The molecule has 3 aromatic rings. The predicted molar refractivity (Wildman–Crippen MR) is 160 cm³/mol. The van der Waals surface area contributed by atoms with Gasteiger partial charge in [0, 0.05) is 5.60 Å². The van der Waals surface area contributed by atoms with E-state index in [0.717, 1.165) is 0 Å². The van der Waals surface area contributed by atoms with Crippen LogP contribution < -0.4 is 21.0 Å². The van der Waals surface area contributed by atoms with Gasteiger partial charge in [-0.05, 0) is 89.8 Å². The number of alkyl halides is 3. The highest BCUT2D eigenvalue weighted by Gasteiger charge is 2.75. The van der Waals surface area contributed by atoms with Crippen molar-refractivity contribution in [2.24, 2.45) is 0 Å². The number of hydrogen-bond acceptors (Lipinski definition) is 4. The Morgan fingerprint density at radius 2 is 1.10 bits per heavy atom. The summed E-state index contributed by atoms with van der Waals surface area (Å²) in [6, 6.07) is 27.4. The lowest BCUT2D eigenvalue weighted by Gasteiger charge is -2.59. The molecule has 1 saturated carbocycles. The average molecular weight is 607 g/mol. The summed E-state index contributed by atoms with van der Waals surface area (Å²) >= 11 is 0. The smallest absolute Gasteiger partial charge is 0.384 e. The minimum Gasteiger partial charge on any atom is -0.839 e. The first-order valence-corrected chi connectivity index (χ1v) is 17.6. The van der Waals surface area contributed by atoms with Crippen LogP contribution in [0.3, 0.4) is 0 Å². The lowest BCUT2D eigenvalue weighted by atomic mass is 9.85. The molecule has 0 radical (unpaired) electrons. The third-order valence-corrected chi connectivity index (χ3v) is 15.5. The van der Waals surface area contributed by atoms with Crippen molar-refractivity contribution in [2.45, 2.75) is 82.5 Å². The number of halogens is 3. The Morgan fingerprint density at radius 3 is 1.39 bits per heavy atom. The number of benzene rings is 3. The van der Waals surface area contributed by atoms with Crippen molar-refractivity contribution in [1.29, 1.82) is 0 Å². The molecule has 1 fully saturated rings. The molecule has 222 valence electrons. The Hall–Kier alpha value is -2.01. The van der Waals surface area contributed by atoms with Gasteiger partial charge in [-0.25, -0.2) is 0 Å². The molecule has 4 rings (SSSR count). The fourth-order valence-electron chi connectivity index (χ4n) is 6.63. The lowest BCUT2D eigenvalue weighted by Crippen LogP contribution is -2.75. The van der Waals surface area contributed by atoms with Crippen molar-refractivity contribution in [3.8, 4) is 0 Å². The average Bonchev–Trinajstić information content (AvgIpc) is 3.41. The van der Waals surface area contributed by atoms with E-state index in [0.29, 0.717) is 28.8 Å². The van der Waals surface area contributed by atoms with E-state index in [1.165, 1.54) is 0 Å². The third-order valence-electron chi connectivity index (χ3n) is 7.87. The molecule has 0 aromatic heterocycles. The Morgan fingerprint density at radius 1 is 0.756 bits per heavy atom. The van der Waals surface area contributed by atoms with Crippen molar-refractivity contribution in [1.82, 2.24) is 0 Å². The van der Waals surface area contributed by atoms with Crippen molar-refractivity contribution in [3.63, 3.8) is 0 Å². The van der Waals surface area contributed by atoms with Gasteiger partial charge in [-0.1, -0.05) is 54.6 Å². The van der Waals surface area contributed by atoms with E-state index in [9.17, 15) is 4.57 Å². The molecule has 0 aliphatic heterocycles. The highest BCUT2D eigenvalue weighted by molar-refractivity contribution is 7.97. The van der Waals surface area contributed by atoms with Crippen LogP contribution in [0.25, 0.3) is 0 Å². The van der Waals surface area contributed by atoms with Crippen molar-refractivity contribution >= 4 is 30.8 Å². The zero-order chi connectivity index (χ0) is 29.9. The van der Waals surface area contributed by atoms with Gasteiger partial charge in [-0.15, -0.1) is 0 Å². The maximum Gasteiger partial charge on any atom is 0.384 e. The van der Waals surface area contributed by atoms with Crippen LogP contribution in [0.15, 0.2) is 91.0 Å². The Labute approximate surface area is 242 Å². The largest absolute Gasteiger partial charge is 0.839 e. The summed E-state index contributed by atoms with van der Waals surface area (Å²) < 4.78 is 72.7. The van der Waals surface area contributed by atoms with Crippen molar-refractivity contribution in [3.05, 3.63) is 91.0 Å². The summed E-state index contributed by atoms with van der Waals surface area (Å²) in [5.41, 5.74) is -3.65. The van der Waals surface area contributed by atoms with Crippen LogP contribution in [0.1, 0.15) is 53.4 Å². The van der Waals surface area contributed by atoms with Crippen LogP contribution in [-0.4, -0.2) is 35.3 Å². The monoisotopic (exact) mass is 606 g/mol. The second-order valence-electron chi connectivity index (χ2n) is 11.3. The topological polar surface area (TPSA) is 58.6 Å². The molecule has 3 aromatic carbocycles. The standard InChI is InChI=1S/C32H39F3O4P2/c1-25(2)38-40(37,39-26(3)4)24-31(36,32(33,34)35)30(22-14-15-23-30)41(27-16-8-5-9-17-27,28-18-10-6-11-19-28)29-20-12-7-13-21-29/h5-13,16-21,25-26H,14-15,22-24H2,1-4H3. The van der Waals surface area contributed by atoms with E-state index in [1.807, 2.05) is 91.0 Å². The van der Waals surface area contributed by atoms with E-state index in [4.69, 9.17) is 9.05 Å². The van der Waals surface area contributed by atoms with Gasteiger partial charge in [-0.3, -0.25) is 4.57 Å². The second kappa shape index (κ2) is 12.3. The van der Waals surface area contributed by atoms with Crippen LogP contribution >= 0.6 is 14.9 Å². The summed E-state index contributed by atoms with van der Waals surface area (Å²) in [7, 11) is -7.87. The van der Waals surface area contributed by atoms with Gasteiger partial charge in [-0.2, -0.15) is 13.2 Å². The molecule has 0 amide bonds. The first-order valence-electron chi connectivity index (χ1n) is 14.1. The molecule has 0 saturated heterocycles. The zero-order valence-electron chi connectivity index (χ0n) is 24.0. The Balaban J connectivity index is 2.16. The molecule has 1 atom stereocenters. The van der Waals surface area contributed by atoms with Crippen LogP contribution in [-0.2, 0) is 13.6 Å². The first kappa shape index (κ1) is 31.9. The van der Waals surface area contributed by atoms with Gasteiger partial charge in [0.15, 0.2) is 0 Å². The summed E-state index contributed by atoms with van der Waals surface area (Å²) in [4.78, 5) is 0. The summed E-state index contributed by atoms with van der Waals surface area (Å²) in [5.74, 6) is 0. The van der Waals surface area contributed by atoms with Crippen LogP contribution in [0, 0.1) is 0 Å². The number of rotatable bonds is 11. The maximum absolute atomic E-state index is 15.8. The quantitative estimate of drug-likeness (QED) is 0.221. The molecule has 1 aliphatic rings. The molecule has 0 spiro atoms. The number of hydrogen-bond donors (Lipinski definition) is 0. The SMILES string of the molecule is CC(C)OP(=O)(CC([O-])(C(F)(F)F)C1([P+](c2ccccc2)(c2ccccc2)c2ccccc2)CCCC1)OC(C)C. The molecule has 0 heterocycles. The summed E-state index contributed by atoms with van der Waals surface area (Å²) in [6.45, 7) is 6.32. The van der Waals surface area contributed by atoms with Crippen molar-refractivity contribution in [2.75, 3.05) is 6.16 Å². The molecular formula is C32H39F3O4P2. The normalized spacial score (nSPS) is 17.6. The third kappa shape index (κ3) is 5.82. The molecule has 1 aliphatic carbocycles. The van der Waals surface area contributed by atoms with E-state index in [1.54, 1.807) is 27.7 Å². The predicted octanol–water partition coefficient (Wildman–Crippen LogP) is 7.00. The molecule has 41 heavy (non-hydrogen) atoms. The van der Waals surface area contributed by atoms with Crippen LogP contribution in [0.5, 0.6) is 0 Å². The van der Waals surface area contributed by atoms with Gasteiger partial charge in [0.05, 0.1) is 23.5 Å². The van der Waals surface area contributed by atoms with Gasteiger partial charge in [0.25, 0.3) is 0 Å². The Bertz CT molecular complexity index is 1200. The fourth-order valence-corrected chi connectivity index (χ4v) is 15.2. The minimum absolute atomic E-state index is 0.0336. The summed E-state index contributed by atoms with van der Waals surface area (Å²) in [6.07, 6.45) is -6.98. The van der Waals surface area contributed by atoms with Gasteiger partial charge in [0.1, 0.15) is 23.2 Å². The molecule has 9 heteroatoms. The molecule has 0 N–H and O–H groups in total. The van der Waals surface area contributed by atoms with Gasteiger partial charge >= 0.3 is 13.8 Å². The van der Waals surface area contributed by atoms with Crippen LogP contribution in [0.4, 0.5) is 13.2 Å². The molecule has 0 bridgehead atoms. The lowest BCUT2D eigenvalue weighted by molar-refractivity contribution is -0.541. The van der Waals surface area contributed by atoms with Gasteiger partial charge in [0.2, 0.25) is 0 Å². The first-order chi connectivity index (χ1) is 19.3. The molecular weight excluding hydrogens is 567 g/mol.